The number of hydrogen-bond donors (Lipinski definition) is 1. The lowest BCUT2D eigenvalue weighted by Crippen LogP contribution is -2.01. The second-order valence-corrected chi connectivity index (χ2v) is 4.08. The lowest BCUT2D eigenvalue weighted by Gasteiger charge is -2.08. The van der Waals surface area contributed by atoms with Crippen LogP contribution in [0, 0.1) is 10.1 Å². The van der Waals surface area contributed by atoms with E-state index in [1.165, 1.54) is 30.5 Å². The maximum absolute atomic E-state index is 11.0. The number of carboxylic acids is 1. The van der Waals surface area contributed by atoms with Gasteiger partial charge in [-0.3, -0.25) is 15.1 Å². The smallest absolute Gasteiger partial charge is 0.341 e. The Morgan fingerprint density at radius 3 is 2.75 bits per heavy atom. The van der Waals surface area contributed by atoms with Crippen molar-refractivity contribution in [2.45, 2.75) is 0 Å². The van der Waals surface area contributed by atoms with Crippen molar-refractivity contribution in [3.05, 3.63) is 57.4 Å². The van der Waals surface area contributed by atoms with E-state index >= 15 is 0 Å². The van der Waals surface area contributed by atoms with Crippen molar-refractivity contribution in [3.63, 3.8) is 0 Å². The van der Waals surface area contributed by atoms with Gasteiger partial charge in [0.15, 0.2) is 0 Å². The molecule has 0 aliphatic carbocycles. The number of hydrogen-bond acceptors (Lipinski definition) is 5. The number of aromatic nitrogens is 1. The van der Waals surface area contributed by atoms with Gasteiger partial charge in [0.2, 0.25) is 5.75 Å². The lowest BCUT2D eigenvalue weighted by molar-refractivity contribution is -0.385. The van der Waals surface area contributed by atoms with Crippen molar-refractivity contribution in [2.75, 3.05) is 0 Å². The Hall–Kier alpha value is -2.67. The van der Waals surface area contributed by atoms with E-state index in [4.69, 9.17) is 21.4 Å². The van der Waals surface area contributed by atoms with Crippen LogP contribution in [0.5, 0.6) is 11.5 Å². The van der Waals surface area contributed by atoms with Gasteiger partial charge in [-0.25, -0.2) is 4.79 Å². The maximum atomic E-state index is 11.0. The number of nitro groups is 1. The van der Waals surface area contributed by atoms with Crippen molar-refractivity contribution in [2.24, 2.45) is 0 Å². The lowest BCUT2D eigenvalue weighted by atomic mass is 10.2. The van der Waals surface area contributed by atoms with Gasteiger partial charge in [-0.15, -0.1) is 0 Å². The van der Waals surface area contributed by atoms with Gasteiger partial charge < -0.3 is 9.84 Å². The third-order valence-electron chi connectivity index (χ3n) is 2.35. The summed E-state index contributed by atoms with van der Waals surface area (Å²) >= 11 is 5.76. The number of pyridine rings is 1. The third kappa shape index (κ3) is 2.83. The first-order valence-electron chi connectivity index (χ1n) is 5.28. The molecule has 0 amide bonds. The highest BCUT2D eigenvalue weighted by Crippen LogP contribution is 2.34. The zero-order chi connectivity index (χ0) is 14.7. The average molecular weight is 295 g/mol. The molecular formula is C12H7ClN2O5. The zero-order valence-electron chi connectivity index (χ0n) is 9.82. The average Bonchev–Trinajstić information content (AvgIpc) is 2.38. The molecular weight excluding hydrogens is 288 g/mol. The van der Waals surface area contributed by atoms with E-state index in [-0.39, 0.29) is 27.8 Å². The highest BCUT2D eigenvalue weighted by Gasteiger charge is 2.19. The van der Waals surface area contributed by atoms with Gasteiger partial charge in [0.25, 0.3) is 0 Å². The van der Waals surface area contributed by atoms with Crippen molar-refractivity contribution in [3.8, 4) is 11.5 Å². The number of nitro benzene ring substituents is 1. The second kappa shape index (κ2) is 5.54. The van der Waals surface area contributed by atoms with E-state index < -0.39 is 10.9 Å². The molecule has 0 radical (unpaired) electrons. The Morgan fingerprint density at radius 1 is 1.35 bits per heavy atom. The number of benzene rings is 1. The van der Waals surface area contributed by atoms with Crippen LogP contribution in [0.3, 0.4) is 0 Å². The van der Waals surface area contributed by atoms with Crippen LogP contribution in [-0.4, -0.2) is 21.0 Å². The molecule has 20 heavy (non-hydrogen) atoms. The number of halogens is 1. The summed E-state index contributed by atoms with van der Waals surface area (Å²) in [5.74, 6) is -1.45. The predicted octanol–water partition coefficient (Wildman–Crippen LogP) is 3.13. The summed E-state index contributed by atoms with van der Waals surface area (Å²) in [7, 11) is 0. The molecule has 0 bridgehead atoms. The number of carboxylic acid groups (broad SMARTS) is 1. The molecule has 0 spiro atoms. The molecule has 1 aromatic carbocycles. The van der Waals surface area contributed by atoms with E-state index in [0.29, 0.717) is 0 Å². The van der Waals surface area contributed by atoms with Gasteiger partial charge in [-0.2, -0.15) is 0 Å². The van der Waals surface area contributed by atoms with Gasteiger partial charge in [0, 0.05) is 35.6 Å². The maximum Gasteiger partial charge on any atom is 0.341 e. The number of carbonyl (C=O) groups is 1. The Labute approximate surface area is 117 Å². The minimum Gasteiger partial charge on any atom is -0.477 e. The molecule has 0 unspecified atom stereocenters. The van der Waals surface area contributed by atoms with Crippen molar-refractivity contribution in [1.82, 2.24) is 4.98 Å². The fourth-order valence-corrected chi connectivity index (χ4v) is 1.63. The van der Waals surface area contributed by atoms with Crippen molar-refractivity contribution >= 4 is 23.3 Å². The first kappa shape index (κ1) is 13.8. The Bertz CT molecular complexity index is 689. The van der Waals surface area contributed by atoms with E-state index in [0.717, 1.165) is 6.20 Å². The predicted molar refractivity (Wildman–Crippen MR) is 69.4 cm³/mol. The van der Waals surface area contributed by atoms with Crippen LogP contribution in [0.2, 0.25) is 5.02 Å². The number of nitrogens with zero attached hydrogens (tertiary/aromatic N) is 2. The molecule has 1 aromatic heterocycles. The number of aromatic carboxylic acids is 1. The van der Waals surface area contributed by atoms with Gasteiger partial charge in [0.05, 0.1) is 4.92 Å². The highest BCUT2D eigenvalue weighted by molar-refractivity contribution is 6.30. The normalized spacial score (nSPS) is 10.1. The molecule has 1 N–H and O–H groups in total. The van der Waals surface area contributed by atoms with Crippen LogP contribution in [0.4, 0.5) is 5.69 Å². The molecule has 7 nitrogen and oxygen atoms in total. The van der Waals surface area contributed by atoms with Gasteiger partial charge in [-0.05, 0) is 6.07 Å². The summed E-state index contributed by atoms with van der Waals surface area (Å²) in [6.07, 6.45) is 2.41. The first-order valence-corrected chi connectivity index (χ1v) is 5.66. The third-order valence-corrected chi connectivity index (χ3v) is 2.59. The Kier molecular flexibility index (Phi) is 3.81. The standard InChI is InChI=1S/C12H7ClN2O5/c13-7-1-2-9(15(18)19)11(5-7)20-10-3-4-14-6-8(10)12(16)17/h1-6H,(H,16,17). The molecule has 8 heteroatoms. The summed E-state index contributed by atoms with van der Waals surface area (Å²) in [5.41, 5.74) is -0.524. The largest absolute Gasteiger partial charge is 0.477 e. The van der Waals surface area contributed by atoms with Crippen molar-refractivity contribution < 1.29 is 19.6 Å². The van der Waals surface area contributed by atoms with Gasteiger partial charge in [-0.1, -0.05) is 11.6 Å². The fourth-order valence-electron chi connectivity index (χ4n) is 1.47. The summed E-state index contributed by atoms with van der Waals surface area (Å²) in [6.45, 7) is 0. The topological polar surface area (TPSA) is 103 Å². The van der Waals surface area contributed by atoms with Gasteiger partial charge in [0.1, 0.15) is 11.3 Å². The van der Waals surface area contributed by atoms with E-state index in [2.05, 4.69) is 4.98 Å². The molecule has 0 saturated carbocycles. The van der Waals surface area contributed by atoms with Crippen LogP contribution in [0.15, 0.2) is 36.7 Å². The molecule has 0 saturated heterocycles. The van der Waals surface area contributed by atoms with E-state index in [1.54, 1.807) is 0 Å². The first-order chi connectivity index (χ1) is 9.49. The molecule has 0 fully saturated rings. The van der Waals surface area contributed by atoms with E-state index in [1.807, 2.05) is 0 Å². The molecule has 2 rings (SSSR count). The molecule has 102 valence electrons. The van der Waals surface area contributed by atoms with Crippen LogP contribution >= 0.6 is 11.6 Å². The summed E-state index contributed by atoms with van der Waals surface area (Å²) in [4.78, 5) is 24.9. The molecule has 0 aliphatic rings. The minimum atomic E-state index is -1.25. The van der Waals surface area contributed by atoms with Gasteiger partial charge >= 0.3 is 11.7 Å². The molecule has 0 atom stereocenters. The SMILES string of the molecule is O=C(O)c1cnccc1Oc1cc(Cl)ccc1[N+](=O)[O-]. The van der Waals surface area contributed by atoms with Crippen LogP contribution in [-0.2, 0) is 0 Å². The number of rotatable bonds is 4. The second-order valence-electron chi connectivity index (χ2n) is 3.65. The molecule has 2 aromatic rings. The quantitative estimate of drug-likeness (QED) is 0.686. The van der Waals surface area contributed by atoms with Crippen LogP contribution < -0.4 is 4.74 Å². The van der Waals surface area contributed by atoms with E-state index in [9.17, 15) is 14.9 Å². The Morgan fingerprint density at radius 2 is 2.10 bits per heavy atom. The zero-order valence-corrected chi connectivity index (χ0v) is 10.6. The monoisotopic (exact) mass is 294 g/mol. The number of ether oxygens (including phenoxy) is 1. The summed E-state index contributed by atoms with van der Waals surface area (Å²) in [6, 6.07) is 5.07. The highest BCUT2D eigenvalue weighted by atomic mass is 35.5. The van der Waals surface area contributed by atoms with Crippen molar-refractivity contribution in [1.29, 1.82) is 0 Å². The Balaban J connectivity index is 2.47. The summed E-state index contributed by atoms with van der Waals surface area (Å²) < 4.78 is 5.30. The summed E-state index contributed by atoms with van der Waals surface area (Å²) in [5, 5.41) is 20.1. The van der Waals surface area contributed by atoms with Crippen LogP contribution in [0.1, 0.15) is 10.4 Å². The minimum absolute atomic E-state index is 0.0575. The van der Waals surface area contributed by atoms with Crippen LogP contribution in [0.25, 0.3) is 0 Å². The fraction of sp³-hybridized carbons (Fsp3) is 0. The molecule has 1 heterocycles. The molecule has 0 aliphatic heterocycles.